The first-order chi connectivity index (χ1) is 15.6. The van der Waals surface area contributed by atoms with Crippen molar-refractivity contribution in [2.24, 2.45) is 0 Å². The highest BCUT2D eigenvalue weighted by Gasteiger charge is 2.14. The third-order valence-electron chi connectivity index (χ3n) is 5.45. The third kappa shape index (κ3) is 4.75. The Bertz CT molecular complexity index is 1180. The van der Waals surface area contributed by atoms with E-state index in [4.69, 9.17) is 13.9 Å². The summed E-state index contributed by atoms with van der Waals surface area (Å²) < 4.78 is 16.9. The van der Waals surface area contributed by atoms with Crippen molar-refractivity contribution in [3.8, 4) is 23.0 Å². The fraction of sp³-hybridized carbons (Fsp3) is 0.231. The Balaban J connectivity index is 1.45. The molecule has 1 amide bonds. The fourth-order valence-electron chi connectivity index (χ4n) is 3.40. The van der Waals surface area contributed by atoms with Crippen molar-refractivity contribution in [1.82, 2.24) is 4.98 Å². The average Bonchev–Trinajstić information content (AvgIpc) is 3.27. The second-order valence-electron chi connectivity index (χ2n) is 7.62. The second-order valence-corrected chi connectivity index (χ2v) is 7.62. The lowest BCUT2D eigenvalue weighted by molar-refractivity contribution is -0.118. The maximum atomic E-state index is 12.5. The van der Waals surface area contributed by atoms with Crippen molar-refractivity contribution < 1.29 is 18.7 Å². The quantitative estimate of drug-likeness (QED) is 0.369. The monoisotopic (exact) mass is 430 g/mol. The number of carbonyl (C=O) groups is 1. The standard InChI is InChI=1S/C26H26N2O4/c1-4-17(2)18-9-12-20(13-10-18)31-16-25(29)27-22-15-19(11-14-23(22)30-3)26-28-21-7-5-6-8-24(21)32-26/h5-15,17H,4,16H2,1-3H3,(H,27,29)/t17-/m1/s1. The average molecular weight is 431 g/mol. The zero-order chi connectivity index (χ0) is 22.5. The summed E-state index contributed by atoms with van der Waals surface area (Å²) in [5.41, 5.74) is 3.99. The van der Waals surface area contributed by atoms with Gasteiger partial charge in [-0.3, -0.25) is 4.79 Å². The Morgan fingerprint density at radius 1 is 1.09 bits per heavy atom. The molecule has 0 aliphatic rings. The van der Waals surface area contributed by atoms with E-state index in [1.165, 1.54) is 5.56 Å². The Morgan fingerprint density at radius 2 is 1.88 bits per heavy atom. The van der Waals surface area contributed by atoms with E-state index in [1.807, 2.05) is 54.6 Å². The molecule has 6 heteroatoms. The SMILES string of the molecule is CC[C@@H](C)c1ccc(OCC(=O)Nc2cc(-c3nc4ccccc4o3)ccc2OC)cc1. The molecule has 0 saturated carbocycles. The predicted octanol–water partition coefficient (Wildman–Crippen LogP) is 6.03. The number of fused-ring (bicyclic) bond motifs is 1. The minimum Gasteiger partial charge on any atom is -0.495 e. The van der Waals surface area contributed by atoms with Gasteiger partial charge in [0.15, 0.2) is 12.2 Å². The van der Waals surface area contributed by atoms with Gasteiger partial charge < -0.3 is 19.2 Å². The number of nitrogens with zero attached hydrogens (tertiary/aromatic N) is 1. The van der Waals surface area contributed by atoms with Crippen LogP contribution in [0.2, 0.25) is 0 Å². The number of aromatic nitrogens is 1. The van der Waals surface area contributed by atoms with Crippen molar-refractivity contribution in [3.05, 3.63) is 72.3 Å². The molecular formula is C26H26N2O4. The van der Waals surface area contributed by atoms with Crippen molar-refractivity contribution in [1.29, 1.82) is 0 Å². The molecular weight excluding hydrogens is 404 g/mol. The van der Waals surface area contributed by atoms with Crippen LogP contribution in [-0.4, -0.2) is 24.6 Å². The number of benzene rings is 3. The van der Waals surface area contributed by atoms with E-state index < -0.39 is 0 Å². The van der Waals surface area contributed by atoms with E-state index in [1.54, 1.807) is 19.2 Å². The van der Waals surface area contributed by atoms with Crippen LogP contribution in [-0.2, 0) is 4.79 Å². The van der Waals surface area contributed by atoms with Crippen LogP contribution in [0.25, 0.3) is 22.6 Å². The number of hydrogen-bond donors (Lipinski definition) is 1. The van der Waals surface area contributed by atoms with Crippen LogP contribution < -0.4 is 14.8 Å². The van der Waals surface area contributed by atoms with Crippen LogP contribution in [0.1, 0.15) is 31.7 Å². The highest BCUT2D eigenvalue weighted by Crippen LogP contribution is 2.32. The molecule has 0 aliphatic carbocycles. The van der Waals surface area contributed by atoms with Crippen molar-refractivity contribution in [3.63, 3.8) is 0 Å². The number of anilines is 1. The number of rotatable bonds is 8. The molecule has 0 saturated heterocycles. The molecule has 4 aromatic rings. The van der Waals surface area contributed by atoms with Gasteiger partial charge in [0.05, 0.1) is 12.8 Å². The first kappa shape index (κ1) is 21.4. The van der Waals surface area contributed by atoms with Gasteiger partial charge in [-0.15, -0.1) is 0 Å². The Kier molecular flexibility index (Phi) is 6.40. The number of amides is 1. The van der Waals surface area contributed by atoms with Crippen LogP contribution in [0.15, 0.2) is 71.1 Å². The van der Waals surface area contributed by atoms with Crippen LogP contribution in [0.5, 0.6) is 11.5 Å². The lowest BCUT2D eigenvalue weighted by atomic mass is 9.99. The number of carbonyl (C=O) groups excluding carboxylic acids is 1. The summed E-state index contributed by atoms with van der Waals surface area (Å²) >= 11 is 0. The summed E-state index contributed by atoms with van der Waals surface area (Å²) in [6.45, 7) is 4.23. The van der Waals surface area contributed by atoms with Crippen molar-refractivity contribution >= 4 is 22.7 Å². The molecule has 4 rings (SSSR count). The zero-order valence-electron chi connectivity index (χ0n) is 18.4. The van der Waals surface area contributed by atoms with E-state index in [0.29, 0.717) is 34.6 Å². The summed E-state index contributed by atoms with van der Waals surface area (Å²) in [6, 6.07) is 20.8. The molecule has 0 aliphatic heterocycles. The van der Waals surface area contributed by atoms with Crippen LogP contribution in [0.4, 0.5) is 5.69 Å². The molecule has 164 valence electrons. The molecule has 1 heterocycles. The van der Waals surface area contributed by atoms with Gasteiger partial charge in [-0.2, -0.15) is 0 Å². The van der Waals surface area contributed by atoms with E-state index in [2.05, 4.69) is 24.1 Å². The van der Waals surface area contributed by atoms with Gasteiger partial charge in [-0.05, 0) is 60.4 Å². The molecule has 1 atom stereocenters. The number of ether oxygens (including phenoxy) is 2. The summed E-state index contributed by atoms with van der Waals surface area (Å²) in [7, 11) is 1.56. The van der Waals surface area contributed by atoms with Crippen LogP contribution >= 0.6 is 0 Å². The Hall–Kier alpha value is -3.80. The highest BCUT2D eigenvalue weighted by molar-refractivity contribution is 5.94. The van der Waals surface area contributed by atoms with Gasteiger partial charge in [0.25, 0.3) is 5.91 Å². The maximum absolute atomic E-state index is 12.5. The number of nitrogens with one attached hydrogen (secondary N) is 1. The second kappa shape index (κ2) is 9.56. The number of para-hydroxylation sites is 2. The van der Waals surface area contributed by atoms with Gasteiger partial charge >= 0.3 is 0 Å². The first-order valence-corrected chi connectivity index (χ1v) is 10.6. The Morgan fingerprint density at radius 3 is 2.59 bits per heavy atom. The molecule has 0 fully saturated rings. The maximum Gasteiger partial charge on any atom is 0.262 e. The number of methoxy groups -OCH3 is 1. The van der Waals surface area contributed by atoms with E-state index >= 15 is 0 Å². The molecule has 32 heavy (non-hydrogen) atoms. The summed E-state index contributed by atoms with van der Waals surface area (Å²) in [4.78, 5) is 17.0. The molecule has 0 unspecified atom stereocenters. The highest BCUT2D eigenvalue weighted by atomic mass is 16.5. The minimum absolute atomic E-state index is 0.112. The summed E-state index contributed by atoms with van der Waals surface area (Å²) in [5.74, 6) is 1.87. The largest absolute Gasteiger partial charge is 0.495 e. The molecule has 1 N–H and O–H groups in total. The molecule has 6 nitrogen and oxygen atoms in total. The molecule has 0 bridgehead atoms. The normalized spacial score (nSPS) is 11.8. The Labute approximate surface area is 187 Å². The van der Waals surface area contributed by atoms with Gasteiger partial charge in [0.2, 0.25) is 5.89 Å². The summed E-state index contributed by atoms with van der Waals surface area (Å²) in [6.07, 6.45) is 1.08. The van der Waals surface area contributed by atoms with Crippen LogP contribution in [0, 0.1) is 0 Å². The number of oxazole rings is 1. The predicted molar refractivity (Wildman–Crippen MR) is 125 cm³/mol. The van der Waals surface area contributed by atoms with Crippen molar-refractivity contribution in [2.45, 2.75) is 26.2 Å². The summed E-state index contributed by atoms with van der Waals surface area (Å²) in [5, 5.41) is 2.86. The number of hydrogen-bond acceptors (Lipinski definition) is 5. The topological polar surface area (TPSA) is 73.6 Å². The van der Waals surface area contributed by atoms with Gasteiger partial charge in [-0.1, -0.05) is 38.1 Å². The van der Waals surface area contributed by atoms with E-state index in [-0.39, 0.29) is 12.5 Å². The zero-order valence-corrected chi connectivity index (χ0v) is 18.4. The van der Waals surface area contributed by atoms with Gasteiger partial charge in [0.1, 0.15) is 17.0 Å². The lowest BCUT2D eigenvalue weighted by Crippen LogP contribution is -2.20. The molecule has 0 radical (unpaired) electrons. The minimum atomic E-state index is -0.288. The van der Waals surface area contributed by atoms with Gasteiger partial charge in [0, 0.05) is 5.56 Å². The molecule has 3 aromatic carbocycles. The smallest absolute Gasteiger partial charge is 0.262 e. The van der Waals surface area contributed by atoms with Crippen molar-refractivity contribution in [2.75, 3.05) is 19.0 Å². The van der Waals surface area contributed by atoms with E-state index in [9.17, 15) is 4.79 Å². The first-order valence-electron chi connectivity index (χ1n) is 10.6. The van der Waals surface area contributed by atoms with Crippen LogP contribution in [0.3, 0.4) is 0 Å². The van der Waals surface area contributed by atoms with E-state index in [0.717, 1.165) is 17.5 Å². The lowest BCUT2D eigenvalue weighted by Gasteiger charge is -2.13. The fourth-order valence-corrected chi connectivity index (χ4v) is 3.40. The third-order valence-corrected chi connectivity index (χ3v) is 5.45. The van der Waals surface area contributed by atoms with Gasteiger partial charge in [-0.25, -0.2) is 4.98 Å². The molecule has 0 spiro atoms. The molecule has 1 aromatic heterocycles.